The van der Waals surface area contributed by atoms with Crippen LogP contribution >= 0.6 is 0 Å². The van der Waals surface area contributed by atoms with Crippen molar-refractivity contribution in [1.82, 2.24) is 5.32 Å². The molecule has 1 atom stereocenters. The van der Waals surface area contributed by atoms with Crippen molar-refractivity contribution in [2.75, 3.05) is 18.0 Å². The minimum absolute atomic E-state index is 0.120. The molecule has 0 aliphatic heterocycles. The van der Waals surface area contributed by atoms with E-state index in [2.05, 4.69) is 11.4 Å². The van der Waals surface area contributed by atoms with Crippen molar-refractivity contribution >= 4 is 21.6 Å². The lowest BCUT2D eigenvalue weighted by atomic mass is 9.88. The summed E-state index contributed by atoms with van der Waals surface area (Å²) in [7, 11) is -2.53. The summed E-state index contributed by atoms with van der Waals surface area (Å²) in [5.74, 6) is 0.0160. The molecular formula is C26H28N2O4S. The average Bonchev–Trinajstić information content (AvgIpc) is 2.83. The maximum atomic E-state index is 13.6. The molecule has 0 fully saturated rings. The van der Waals surface area contributed by atoms with Gasteiger partial charge in [0.05, 0.1) is 23.7 Å². The quantitative estimate of drug-likeness (QED) is 0.563. The van der Waals surface area contributed by atoms with Gasteiger partial charge in [0.25, 0.3) is 10.0 Å². The molecule has 1 amide bonds. The molecular weight excluding hydrogens is 436 g/mol. The Hall–Kier alpha value is -3.32. The fraction of sp³-hybridized carbons (Fsp3) is 0.269. The topological polar surface area (TPSA) is 75.7 Å². The van der Waals surface area contributed by atoms with Crippen molar-refractivity contribution in [2.45, 2.75) is 37.1 Å². The van der Waals surface area contributed by atoms with E-state index >= 15 is 0 Å². The normalized spacial score (nSPS) is 15.4. The van der Waals surface area contributed by atoms with E-state index in [-0.39, 0.29) is 23.4 Å². The Morgan fingerprint density at radius 1 is 1.03 bits per heavy atom. The number of benzene rings is 3. The van der Waals surface area contributed by atoms with Gasteiger partial charge < -0.3 is 10.1 Å². The highest BCUT2D eigenvalue weighted by Gasteiger charge is 2.30. The fourth-order valence-electron chi connectivity index (χ4n) is 4.25. The van der Waals surface area contributed by atoms with Gasteiger partial charge in [-0.05, 0) is 61.6 Å². The largest absolute Gasteiger partial charge is 0.495 e. The molecule has 0 spiro atoms. The number of sulfonamides is 1. The number of hydrogen-bond acceptors (Lipinski definition) is 4. The van der Waals surface area contributed by atoms with E-state index in [9.17, 15) is 13.2 Å². The van der Waals surface area contributed by atoms with Gasteiger partial charge in [0.2, 0.25) is 5.91 Å². The zero-order valence-corrected chi connectivity index (χ0v) is 19.6. The van der Waals surface area contributed by atoms with Crippen molar-refractivity contribution in [3.8, 4) is 5.75 Å². The molecule has 0 saturated heterocycles. The van der Waals surface area contributed by atoms with Gasteiger partial charge in [-0.2, -0.15) is 0 Å². The van der Waals surface area contributed by atoms with E-state index in [0.717, 1.165) is 34.7 Å². The molecule has 3 aromatic carbocycles. The number of nitrogens with zero attached hydrogens (tertiary/aromatic N) is 1. The van der Waals surface area contributed by atoms with Crippen LogP contribution in [0.15, 0.2) is 77.7 Å². The predicted octanol–water partition coefficient (Wildman–Crippen LogP) is 4.39. The summed E-state index contributed by atoms with van der Waals surface area (Å²) in [5, 5.41) is 3.06. The van der Waals surface area contributed by atoms with Gasteiger partial charge >= 0.3 is 0 Å². The summed E-state index contributed by atoms with van der Waals surface area (Å²) in [5.41, 5.74) is 3.59. The third-order valence-corrected chi connectivity index (χ3v) is 7.73. The number of aryl methyl sites for hydroxylation is 2. The zero-order chi connectivity index (χ0) is 23.4. The number of hydrogen-bond donors (Lipinski definition) is 1. The second-order valence-electron chi connectivity index (χ2n) is 8.21. The maximum absolute atomic E-state index is 13.6. The monoisotopic (exact) mass is 464 g/mol. The van der Waals surface area contributed by atoms with Gasteiger partial charge in [0, 0.05) is 0 Å². The SMILES string of the molecule is COc1ccccc1N(CC(=O)N[C@@H]1CCCc2ccccc21)S(=O)(=O)c1ccc(C)cc1. The maximum Gasteiger partial charge on any atom is 0.264 e. The van der Waals surface area contributed by atoms with Gasteiger partial charge in [0.1, 0.15) is 12.3 Å². The van der Waals surface area contributed by atoms with Crippen molar-refractivity contribution in [3.05, 3.63) is 89.5 Å². The molecule has 6 nitrogen and oxygen atoms in total. The standard InChI is InChI=1S/C26H28N2O4S/c1-19-14-16-21(17-15-19)33(30,31)28(24-12-5-6-13-25(24)32-2)18-26(29)27-23-11-7-9-20-8-3-4-10-22(20)23/h3-6,8,10,12-17,23H,7,9,11,18H2,1-2H3,(H,27,29)/t23-/m1/s1. The number of carbonyl (C=O) groups excluding carboxylic acids is 1. The molecule has 1 aliphatic carbocycles. The van der Waals surface area contributed by atoms with Gasteiger partial charge in [-0.15, -0.1) is 0 Å². The van der Waals surface area contributed by atoms with Crippen LogP contribution in [0.2, 0.25) is 0 Å². The number of methoxy groups -OCH3 is 1. The molecule has 1 aliphatic rings. The van der Waals surface area contributed by atoms with Crippen LogP contribution in [0.4, 0.5) is 5.69 Å². The predicted molar refractivity (Wildman–Crippen MR) is 129 cm³/mol. The molecule has 33 heavy (non-hydrogen) atoms. The zero-order valence-electron chi connectivity index (χ0n) is 18.8. The lowest BCUT2D eigenvalue weighted by molar-refractivity contribution is -0.120. The number of carbonyl (C=O) groups is 1. The minimum Gasteiger partial charge on any atom is -0.495 e. The third-order valence-electron chi connectivity index (χ3n) is 5.95. The van der Waals surface area contributed by atoms with E-state index in [1.54, 1.807) is 48.5 Å². The van der Waals surface area contributed by atoms with Crippen molar-refractivity contribution in [1.29, 1.82) is 0 Å². The number of anilines is 1. The molecule has 0 radical (unpaired) electrons. The van der Waals surface area contributed by atoms with Crippen LogP contribution in [0.5, 0.6) is 5.75 Å². The summed E-state index contributed by atoms with van der Waals surface area (Å²) in [6, 6.07) is 21.4. The van der Waals surface area contributed by atoms with Crippen LogP contribution in [-0.2, 0) is 21.2 Å². The van der Waals surface area contributed by atoms with E-state index in [1.165, 1.54) is 12.7 Å². The van der Waals surface area contributed by atoms with Gasteiger partial charge in [-0.1, -0.05) is 54.1 Å². The van der Waals surface area contributed by atoms with Crippen LogP contribution in [-0.4, -0.2) is 28.0 Å². The second-order valence-corrected chi connectivity index (χ2v) is 10.1. The highest BCUT2D eigenvalue weighted by atomic mass is 32.2. The molecule has 0 heterocycles. The summed E-state index contributed by atoms with van der Waals surface area (Å²) < 4.78 is 33.8. The third kappa shape index (κ3) is 4.88. The first kappa shape index (κ1) is 22.9. The van der Waals surface area contributed by atoms with Crippen LogP contribution in [0.25, 0.3) is 0 Å². The van der Waals surface area contributed by atoms with E-state index in [4.69, 9.17) is 4.74 Å². The second kappa shape index (κ2) is 9.67. The molecule has 0 aromatic heterocycles. The lowest BCUT2D eigenvalue weighted by Gasteiger charge is -2.29. The van der Waals surface area contributed by atoms with Crippen molar-refractivity contribution in [2.24, 2.45) is 0 Å². The van der Waals surface area contributed by atoms with Gasteiger partial charge in [0.15, 0.2) is 0 Å². The smallest absolute Gasteiger partial charge is 0.264 e. The van der Waals surface area contributed by atoms with E-state index in [0.29, 0.717) is 11.4 Å². The summed E-state index contributed by atoms with van der Waals surface area (Å²) in [6.07, 6.45) is 2.78. The Morgan fingerprint density at radius 3 is 2.48 bits per heavy atom. The molecule has 4 rings (SSSR count). The summed E-state index contributed by atoms with van der Waals surface area (Å²) in [6.45, 7) is 1.54. The molecule has 0 unspecified atom stereocenters. The number of ether oxygens (including phenoxy) is 1. The number of rotatable bonds is 7. The summed E-state index contributed by atoms with van der Waals surface area (Å²) in [4.78, 5) is 13.3. The van der Waals surface area contributed by atoms with Crippen LogP contribution in [0.3, 0.4) is 0 Å². The highest BCUT2D eigenvalue weighted by molar-refractivity contribution is 7.92. The van der Waals surface area contributed by atoms with E-state index in [1.807, 2.05) is 25.1 Å². The number of nitrogens with one attached hydrogen (secondary N) is 1. The average molecular weight is 465 g/mol. The molecule has 0 saturated carbocycles. The Labute approximate surface area is 195 Å². The summed E-state index contributed by atoms with van der Waals surface area (Å²) >= 11 is 0. The van der Waals surface area contributed by atoms with Gasteiger partial charge in [-0.25, -0.2) is 8.42 Å². The molecule has 7 heteroatoms. The number of fused-ring (bicyclic) bond motifs is 1. The number of amides is 1. The van der Waals surface area contributed by atoms with Crippen LogP contribution in [0, 0.1) is 6.92 Å². The first-order valence-electron chi connectivity index (χ1n) is 11.0. The molecule has 1 N–H and O–H groups in total. The van der Waals surface area contributed by atoms with Crippen molar-refractivity contribution < 1.29 is 17.9 Å². The number of para-hydroxylation sites is 2. The minimum atomic E-state index is -4.01. The first-order valence-corrected chi connectivity index (χ1v) is 12.4. The van der Waals surface area contributed by atoms with Crippen LogP contribution in [0.1, 0.15) is 35.6 Å². The Morgan fingerprint density at radius 2 is 1.73 bits per heavy atom. The first-order chi connectivity index (χ1) is 15.9. The Kier molecular flexibility index (Phi) is 6.70. The highest BCUT2D eigenvalue weighted by Crippen LogP contribution is 2.33. The molecule has 3 aromatic rings. The Bertz CT molecular complexity index is 1240. The van der Waals surface area contributed by atoms with Crippen LogP contribution < -0.4 is 14.4 Å². The molecule has 172 valence electrons. The fourth-order valence-corrected chi connectivity index (χ4v) is 5.68. The Balaban J connectivity index is 1.66. The van der Waals surface area contributed by atoms with Crippen molar-refractivity contribution in [3.63, 3.8) is 0 Å². The van der Waals surface area contributed by atoms with E-state index < -0.39 is 10.0 Å². The van der Waals surface area contributed by atoms with Gasteiger partial charge in [-0.3, -0.25) is 9.10 Å². The lowest BCUT2D eigenvalue weighted by Crippen LogP contribution is -2.42. The molecule has 0 bridgehead atoms.